The Balaban J connectivity index is -0.000000344. The van der Waals surface area contributed by atoms with Crippen LogP contribution in [0.15, 0.2) is 122 Å². The highest BCUT2D eigenvalue weighted by Crippen LogP contribution is 2.04. The molecule has 0 saturated heterocycles. The highest BCUT2D eigenvalue weighted by molar-refractivity contribution is 9.08. The Morgan fingerprint density at radius 3 is 0.853 bits per heavy atom. The van der Waals surface area contributed by atoms with E-state index in [-0.39, 0.29) is 0 Å². The predicted molar refractivity (Wildman–Crippen MR) is 154 cm³/mol. The van der Waals surface area contributed by atoms with Crippen molar-refractivity contribution < 1.29 is 10.0 Å². The van der Waals surface area contributed by atoms with Gasteiger partial charge in [-0.1, -0.05) is 102 Å². The summed E-state index contributed by atoms with van der Waals surface area (Å²) >= 11 is 14.0. The average molecular weight is 568 g/mol. The van der Waals surface area contributed by atoms with E-state index >= 15 is 0 Å². The summed E-state index contributed by atoms with van der Waals surface area (Å²) in [6, 6.07) is 30.3. The quantitative estimate of drug-likeness (QED) is 0.167. The number of alkyl halides is 1. The van der Waals surface area contributed by atoms with E-state index in [1.54, 1.807) is 24.8 Å². The first-order valence-electron chi connectivity index (χ1n) is 10.4. The molecule has 184 valence electrons. The van der Waals surface area contributed by atoms with Crippen molar-refractivity contribution in [3.63, 3.8) is 0 Å². The van der Waals surface area contributed by atoms with E-state index in [9.17, 15) is 0 Å². The normalized spacial score (nSPS) is 7.56. The summed E-state index contributed by atoms with van der Waals surface area (Å²) in [6.07, 6.45) is 7.00. The van der Waals surface area contributed by atoms with Gasteiger partial charge in [0.1, 0.15) is 0 Å². The van der Waals surface area contributed by atoms with Crippen LogP contribution in [0, 0.1) is 0 Å². The molecular weight excluding hydrogens is 534 g/mol. The van der Waals surface area contributed by atoms with E-state index < -0.39 is 7.12 Å². The lowest BCUT2D eigenvalue weighted by Gasteiger charge is -1.80. The average Bonchev–Trinajstić information content (AvgIpc) is 2.90. The van der Waals surface area contributed by atoms with Gasteiger partial charge in [-0.05, 0) is 61.2 Å². The van der Waals surface area contributed by atoms with Crippen molar-refractivity contribution >= 4 is 46.3 Å². The van der Waals surface area contributed by atoms with Crippen molar-refractivity contribution in [3.8, 4) is 0 Å². The molecule has 34 heavy (non-hydrogen) atoms. The molecule has 2 N–H and O–H groups in total. The first kappa shape index (κ1) is 36.4. The Labute approximate surface area is 223 Å². The molecule has 0 fully saturated rings. The molecule has 0 spiro atoms. The molecule has 0 saturated carbocycles. The summed E-state index contributed by atoms with van der Waals surface area (Å²) in [4.78, 5) is 7.57. The van der Waals surface area contributed by atoms with E-state index in [1.165, 1.54) is 6.82 Å². The van der Waals surface area contributed by atoms with Crippen LogP contribution in [0.2, 0.25) is 16.9 Å². The maximum atomic E-state index is 7.61. The van der Waals surface area contributed by atoms with Crippen LogP contribution in [0.1, 0.15) is 13.8 Å². The summed E-state index contributed by atoms with van der Waals surface area (Å²) in [5, 5.41) is 16.8. The molecule has 2 aromatic heterocycles. The van der Waals surface area contributed by atoms with Crippen LogP contribution in [-0.2, 0) is 0 Å². The summed E-state index contributed by atoms with van der Waals surface area (Å²) in [5.41, 5.74) is 0. The smallest absolute Gasteiger partial charge is 0.427 e. The van der Waals surface area contributed by atoms with Gasteiger partial charge in [-0.25, -0.2) is 0 Å². The van der Waals surface area contributed by atoms with Crippen molar-refractivity contribution in [1.82, 2.24) is 9.97 Å². The van der Waals surface area contributed by atoms with E-state index in [4.69, 9.17) is 33.2 Å². The number of hydrogen-bond acceptors (Lipinski definition) is 4. The molecule has 4 nitrogen and oxygen atoms in total. The zero-order valence-electron chi connectivity index (χ0n) is 20.0. The number of pyridine rings is 2. The second-order valence-electron chi connectivity index (χ2n) is 5.27. The first-order valence-corrected chi connectivity index (χ1v) is 12.7. The number of nitrogens with zero attached hydrogens (tertiary/aromatic N) is 2. The van der Waals surface area contributed by atoms with Crippen LogP contribution >= 0.6 is 39.1 Å². The van der Waals surface area contributed by atoms with Gasteiger partial charge in [0.25, 0.3) is 0 Å². The monoisotopic (exact) mass is 566 g/mol. The fourth-order valence-electron chi connectivity index (χ4n) is 1.45. The van der Waals surface area contributed by atoms with Gasteiger partial charge in [0, 0.05) is 34.8 Å². The molecule has 0 aliphatic carbocycles. The number of halogens is 3. The zero-order chi connectivity index (χ0) is 26.3. The Morgan fingerprint density at radius 1 is 0.559 bits per heavy atom. The number of rotatable bonds is 0. The fraction of sp³-hybridized carbons (Fsp3) is 0.154. The Hall–Kier alpha value is -2.22. The maximum Gasteiger partial charge on any atom is 0.448 e. The lowest BCUT2D eigenvalue weighted by atomic mass is 9.99. The van der Waals surface area contributed by atoms with Crippen LogP contribution in [-0.4, -0.2) is 33.0 Å². The van der Waals surface area contributed by atoms with Crippen molar-refractivity contribution in [1.29, 1.82) is 0 Å². The van der Waals surface area contributed by atoms with Gasteiger partial charge in [-0.3, -0.25) is 9.97 Å². The van der Waals surface area contributed by atoms with Gasteiger partial charge in [0.2, 0.25) is 0 Å². The maximum absolute atomic E-state index is 7.61. The van der Waals surface area contributed by atoms with Gasteiger partial charge in [-0.2, -0.15) is 0 Å². The topological polar surface area (TPSA) is 66.2 Å². The van der Waals surface area contributed by atoms with Crippen LogP contribution in [0.4, 0.5) is 0 Å². The summed E-state index contributed by atoms with van der Waals surface area (Å²) in [6.45, 7) is 5.28. The molecule has 0 aliphatic rings. The molecule has 8 heteroatoms. The fourth-order valence-corrected chi connectivity index (χ4v) is 1.75. The van der Waals surface area contributed by atoms with Crippen LogP contribution in [0.3, 0.4) is 0 Å². The van der Waals surface area contributed by atoms with Gasteiger partial charge >= 0.3 is 7.12 Å². The minimum atomic E-state index is -1.17. The molecule has 0 unspecified atom stereocenters. The van der Waals surface area contributed by atoms with Crippen molar-refractivity contribution in [2.75, 3.05) is 5.83 Å². The largest absolute Gasteiger partial charge is 0.448 e. The van der Waals surface area contributed by atoms with E-state index in [0.29, 0.717) is 0 Å². The molecule has 0 radical (unpaired) electrons. The molecule has 2 aromatic carbocycles. The third-order valence-electron chi connectivity index (χ3n) is 2.60. The zero-order valence-corrected chi connectivity index (χ0v) is 23.1. The van der Waals surface area contributed by atoms with Crippen molar-refractivity contribution in [3.05, 3.63) is 132 Å². The Morgan fingerprint density at radius 2 is 0.765 bits per heavy atom. The molecule has 4 rings (SSSR count). The highest BCUT2D eigenvalue weighted by atomic mass is 79.9. The molecule has 2 heterocycles. The molecular formula is C26H34BBrCl2N2O2. The molecule has 0 aliphatic heterocycles. The van der Waals surface area contributed by atoms with Crippen LogP contribution in [0.25, 0.3) is 0 Å². The Bertz CT molecular complexity index is 696. The Kier molecular flexibility index (Phi) is 35.2. The molecule has 0 bridgehead atoms. The van der Waals surface area contributed by atoms with Crippen LogP contribution in [0.5, 0.6) is 0 Å². The molecule has 4 aromatic rings. The molecule has 0 atom stereocenters. The second kappa shape index (κ2) is 33.0. The third-order valence-corrected chi connectivity index (χ3v) is 3.10. The van der Waals surface area contributed by atoms with Crippen molar-refractivity contribution in [2.24, 2.45) is 0 Å². The third kappa shape index (κ3) is 37.1. The van der Waals surface area contributed by atoms with E-state index in [2.05, 4.69) is 25.9 Å². The summed E-state index contributed by atoms with van der Waals surface area (Å²) < 4.78 is 0. The van der Waals surface area contributed by atoms with Gasteiger partial charge in [-0.15, -0.1) is 0 Å². The van der Waals surface area contributed by atoms with E-state index in [0.717, 1.165) is 10.0 Å². The van der Waals surface area contributed by atoms with Crippen LogP contribution < -0.4 is 0 Å². The minimum Gasteiger partial charge on any atom is -0.427 e. The lowest BCUT2D eigenvalue weighted by Crippen LogP contribution is -2.00. The van der Waals surface area contributed by atoms with Gasteiger partial charge < -0.3 is 10.0 Å². The SMILES string of the molecule is CB(O)O.CBr.CC.Clc1ccccc1.Clc1ccccc1.c1ccncc1.c1ccncc1. The lowest BCUT2D eigenvalue weighted by molar-refractivity contribution is 0.417. The predicted octanol–water partition coefficient (Wildman–Crippen LogP) is 7.97. The standard InChI is InChI=1S/2C6H5Cl.2C5H5N.C2H6.CH5BO2.CH3Br/c2*7-6-4-2-1-3-5-6;2*1-2-4-6-5-3-1;1-2;1-2(3)4;1-2/h2*1-5H;2*1-5H;1-2H3;3-4H,1H3;1H3. The minimum absolute atomic E-state index is 0.794. The summed E-state index contributed by atoms with van der Waals surface area (Å²) in [5.74, 6) is 1.81. The number of hydrogen-bond donors (Lipinski definition) is 2. The first-order chi connectivity index (χ1) is 16.5. The molecule has 0 amide bonds. The van der Waals surface area contributed by atoms with Gasteiger partial charge in [0.05, 0.1) is 0 Å². The highest BCUT2D eigenvalue weighted by Gasteiger charge is 1.86. The summed E-state index contributed by atoms with van der Waals surface area (Å²) in [7, 11) is -1.17. The number of benzene rings is 2. The van der Waals surface area contributed by atoms with Crippen molar-refractivity contribution in [2.45, 2.75) is 20.7 Å². The second-order valence-corrected chi connectivity index (χ2v) is 6.15. The van der Waals surface area contributed by atoms with Gasteiger partial charge in [0.15, 0.2) is 0 Å². The number of aromatic nitrogens is 2. The van der Waals surface area contributed by atoms with E-state index in [1.807, 2.05) is 117 Å².